The fourth-order valence-corrected chi connectivity index (χ4v) is 4.75. The van der Waals surface area contributed by atoms with Crippen molar-refractivity contribution in [1.29, 1.82) is 0 Å². The summed E-state index contributed by atoms with van der Waals surface area (Å²) in [5.74, 6) is -1.95. The molecule has 1 aromatic rings. The Bertz CT molecular complexity index is 1100. The molecule has 1 fully saturated rings. The van der Waals surface area contributed by atoms with E-state index < -0.39 is 41.5 Å². The van der Waals surface area contributed by atoms with Gasteiger partial charge in [-0.25, -0.2) is 4.79 Å². The number of aliphatic hydroxyl groups excluding tert-OH is 1. The highest BCUT2D eigenvalue weighted by atomic mass is 16.6. The van der Waals surface area contributed by atoms with Crippen molar-refractivity contribution in [1.82, 2.24) is 15.5 Å². The van der Waals surface area contributed by atoms with Gasteiger partial charge in [0, 0.05) is 36.5 Å². The number of amides is 1. The highest BCUT2D eigenvalue weighted by molar-refractivity contribution is 5.99. The molecule has 226 valence electrons. The first kappa shape index (κ1) is 32.3. The van der Waals surface area contributed by atoms with Crippen LogP contribution in [0, 0.1) is 5.92 Å². The second-order valence-electron chi connectivity index (χ2n) is 12.2. The topological polar surface area (TPSA) is 117 Å². The van der Waals surface area contributed by atoms with E-state index in [-0.39, 0.29) is 12.6 Å². The number of ether oxygens (including phenoxy) is 2. The van der Waals surface area contributed by atoms with E-state index in [2.05, 4.69) is 10.6 Å². The lowest BCUT2D eigenvalue weighted by Crippen LogP contribution is -2.50. The quantitative estimate of drug-likeness (QED) is 0.291. The number of aliphatic hydroxyl groups is 1. The molecule has 1 aliphatic carbocycles. The first-order valence-corrected chi connectivity index (χ1v) is 14.7. The van der Waals surface area contributed by atoms with Gasteiger partial charge in [0.2, 0.25) is 5.91 Å². The van der Waals surface area contributed by atoms with Crippen LogP contribution in [-0.4, -0.2) is 70.8 Å². The molecule has 9 nitrogen and oxygen atoms in total. The van der Waals surface area contributed by atoms with Crippen molar-refractivity contribution in [3.8, 4) is 0 Å². The largest absolute Gasteiger partial charge is 0.462 e. The molecule has 1 aliphatic heterocycles. The molecule has 0 bridgehead atoms. The summed E-state index contributed by atoms with van der Waals surface area (Å²) in [7, 11) is 0. The lowest BCUT2D eigenvalue weighted by molar-refractivity contribution is -0.151. The van der Waals surface area contributed by atoms with Crippen molar-refractivity contribution in [2.45, 2.75) is 104 Å². The summed E-state index contributed by atoms with van der Waals surface area (Å²) in [6.07, 6.45) is 5.92. The van der Waals surface area contributed by atoms with Crippen LogP contribution < -0.4 is 10.6 Å². The van der Waals surface area contributed by atoms with Gasteiger partial charge in [0.05, 0.1) is 23.8 Å². The minimum absolute atomic E-state index is 0.165. The minimum atomic E-state index is -0.827. The van der Waals surface area contributed by atoms with E-state index in [1.54, 1.807) is 47.0 Å². The molecule has 1 unspecified atom stereocenters. The number of carbonyl (C=O) groups excluding carboxylic acids is 3. The van der Waals surface area contributed by atoms with Gasteiger partial charge in [-0.1, -0.05) is 43.7 Å². The lowest BCUT2D eigenvalue weighted by Gasteiger charge is -2.33. The molecular formula is C32H47N3O6. The van der Waals surface area contributed by atoms with E-state index in [4.69, 9.17) is 9.47 Å². The molecule has 1 aromatic carbocycles. The summed E-state index contributed by atoms with van der Waals surface area (Å²) in [6.45, 7) is 11.1. The van der Waals surface area contributed by atoms with Crippen LogP contribution in [-0.2, 0) is 30.3 Å². The van der Waals surface area contributed by atoms with Gasteiger partial charge in [-0.2, -0.15) is 0 Å². The van der Waals surface area contributed by atoms with Crippen molar-refractivity contribution in [2.24, 2.45) is 5.92 Å². The zero-order valence-electron chi connectivity index (χ0n) is 25.3. The molecule has 1 amide bonds. The minimum Gasteiger partial charge on any atom is -0.462 e. The summed E-state index contributed by atoms with van der Waals surface area (Å²) in [5.41, 5.74) is 0.896. The van der Waals surface area contributed by atoms with Crippen LogP contribution in [0.25, 0.3) is 0 Å². The Labute approximate surface area is 244 Å². The molecule has 0 saturated heterocycles. The van der Waals surface area contributed by atoms with Gasteiger partial charge in [-0.05, 0) is 65.9 Å². The third kappa shape index (κ3) is 10.6. The number of carbonyl (C=O) groups is 3. The van der Waals surface area contributed by atoms with Gasteiger partial charge in [0.25, 0.3) is 0 Å². The van der Waals surface area contributed by atoms with Crippen molar-refractivity contribution in [2.75, 3.05) is 13.1 Å². The van der Waals surface area contributed by atoms with E-state index >= 15 is 0 Å². The Hall–Kier alpha value is -3.17. The normalized spacial score (nSPS) is 18.7. The first-order valence-electron chi connectivity index (χ1n) is 14.7. The van der Waals surface area contributed by atoms with Crippen molar-refractivity contribution in [3.63, 3.8) is 0 Å². The molecule has 1 saturated carbocycles. The number of esters is 2. The molecule has 0 aromatic heterocycles. The molecule has 0 spiro atoms. The SMILES string of the molecule is CCCC1C(C(=O)N[C@@H](Cc2ccccc2)[C@H](O)CNC2CC2)=CN(CC(=O)OC(C)C)C=C1C(=O)OC(C)(C)C. The van der Waals surface area contributed by atoms with Crippen molar-refractivity contribution >= 4 is 17.8 Å². The third-order valence-electron chi connectivity index (χ3n) is 6.79. The zero-order chi connectivity index (χ0) is 30.2. The van der Waals surface area contributed by atoms with Crippen molar-refractivity contribution < 1.29 is 29.0 Å². The molecule has 0 radical (unpaired) electrons. The standard InChI is InChI=1S/C32H47N3O6/c1-7-11-24-25(18-35(20-29(37)40-21(2)3)19-26(24)31(39)41-32(4,5)6)30(38)34-27(16-22-12-9-8-10-13-22)28(36)17-33-23-14-15-23/h8-10,12-13,18-19,21,23-24,27-28,33,36H,7,11,14-17,20H2,1-6H3,(H,34,38)/t24?,27-,28+/m0/s1. The molecule has 3 rings (SSSR count). The second kappa shape index (κ2) is 14.6. The number of nitrogens with zero attached hydrogens (tertiary/aromatic N) is 1. The van der Waals surface area contributed by atoms with Crippen LogP contribution in [0.3, 0.4) is 0 Å². The monoisotopic (exact) mass is 569 g/mol. The van der Waals surface area contributed by atoms with E-state index in [1.807, 2.05) is 37.3 Å². The average Bonchev–Trinajstić information content (AvgIpc) is 3.71. The van der Waals surface area contributed by atoms with Gasteiger partial charge in [0.1, 0.15) is 12.1 Å². The Morgan fingerprint density at radius 3 is 2.32 bits per heavy atom. The molecule has 9 heteroatoms. The molecule has 3 atom stereocenters. The Morgan fingerprint density at radius 2 is 1.73 bits per heavy atom. The predicted molar refractivity (Wildman–Crippen MR) is 157 cm³/mol. The number of nitrogens with one attached hydrogen (secondary N) is 2. The number of rotatable bonds is 14. The van der Waals surface area contributed by atoms with Crippen LogP contribution in [0.4, 0.5) is 0 Å². The van der Waals surface area contributed by atoms with Gasteiger partial charge in [0.15, 0.2) is 0 Å². The molecule has 41 heavy (non-hydrogen) atoms. The Morgan fingerprint density at radius 1 is 1.07 bits per heavy atom. The van der Waals surface area contributed by atoms with Gasteiger partial charge in [-0.3, -0.25) is 9.59 Å². The van der Waals surface area contributed by atoms with Gasteiger partial charge >= 0.3 is 11.9 Å². The Kier molecular flexibility index (Phi) is 11.5. The summed E-state index contributed by atoms with van der Waals surface area (Å²) >= 11 is 0. The Balaban J connectivity index is 1.91. The summed E-state index contributed by atoms with van der Waals surface area (Å²) in [6, 6.07) is 9.54. The summed E-state index contributed by atoms with van der Waals surface area (Å²) in [4.78, 5) is 41.4. The molecule has 1 heterocycles. The third-order valence-corrected chi connectivity index (χ3v) is 6.79. The van der Waals surface area contributed by atoms with E-state index in [9.17, 15) is 19.5 Å². The smallest absolute Gasteiger partial charge is 0.336 e. The maximum absolute atomic E-state index is 14.0. The number of hydrogen-bond donors (Lipinski definition) is 3. The van der Waals surface area contributed by atoms with Crippen LogP contribution in [0.15, 0.2) is 53.9 Å². The van der Waals surface area contributed by atoms with Crippen LogP contribution in [0.5, 0.6) is 0 Å². The molecular weight excluding hydrogens is 522 g/mol. The predicted octanol–water partition coefficient (Wildman–Crippen LogP) is 3.62. The lowest BCUT2D eigenvalue weighted by atomic mass is 9.84. The van der Waals surface area contributed by atoms with Crippen molar-refractivity contribution in [3.05, 3.63) is 59.4 Å². The van der Waals surface area contributed by atoms with E-state index in [1.165, 1.54) is 4.90 Å². The highest BCUT2D eigenvalue weighted by Crippen LogP contribution is 2.33. The van der Waals surface area contributed by atoms with Gasteiger partial charge < -0.3 is 30.1 Å². The van der Waals surface area contributed by atoms with E-state index in [0.717, 1.165) is 18.4 Å². The summed E-state index contributed by atoms with van der Waals surface area (Å²) < 4.78 is 11.0. The zero-order valence-corrected chi connectivity index (χ0v) is 25.3. The number of benzene rings is 1. The highest BCUT2D eigenvalue weighted by Gasteiger charge is 2.36. The van der Waals surface area contributed by atoms with Crippen LogP contribution in [0.2, 0.25) is 0 Å². The fraction of sp³-hybridized carbons (Fsp3) is 0.594. The average molecular weight is 570 g/mol. The van der Waals surface area contributed by atoms with E-state index in [0.29, 0.717) is 43.0 Å². The van der Waals surface area contributed by atoms with Gasteiger partial charge in [-0.15, -0.1) is 0 Å². The maximum Gasteiger partial charge on any atom is 0.336 e. The fourth-order valence-electron chi connectivity index (χ4n) is 4.75. The number of hydrogen-bond acceptors (Lipinski definition) is 8. The van der Waals surface area contributed by atoms with Crippen LogP contribution in [0.1, 0.15) is 72.8 Å². The molecule has 2 aliphatic rings. The second-order valence-corrected chi connectivity index (χ2v) is 12.2. The first-order chi connectivity index (χ1) is 19.4. The summed E-state index contributed by atoms with van der Waals surface area (Å²) in [5, 5.41) is 17.5. The van der Waals surface area contributed by atoms with Crippen LogP contribution >= 0.6 is 0 Å². The molecule has 3 N–H and O–H groups in total. The maximum atomic E-state index is 14.0.